The Hall–Kier alpha value is -1.50. The van der Waals surface area contributed by atoms with Crippen LogP contribution in [0.3, 0.4) is 0 Å². The smallest absolute Gasteiger partial charge is 0.253 e. The molecule has 0 aromatic carbocycles. The van der Waals surface area contributed by atoms with E-state index < -0.39 is 0 Å². The molecular formula is C6H7N5OS. The number of hydrogen-bond acceptors (Lipinski definition) is 5. The molecule has 2 aromatic heterocycles. The van der Waals surface area contributed by atoms with Gasteiger partial charge in [-0.3, -0.25) is 10.1 Å². The lowest BCUT2D eigenvalue weighted by molar-refractivity contribution is -0.114. The Labute approximate surface area is 77.6 Å². The van der Waals surface area contributed by atoms with Crippen LogP contribution in [-0.2, 0) is 4.79 Å². The zero-order valence-corrected chi connectivity index (χ0v) is 7.92. The molecule has 0 spiro atoms. The number of rotatable bonds is 1. The predicted molar refractivity (Wildman–Crippen MR) is 47.7 cm³/mol. The molecular weight excluding hydrogens is 190 g/mol. The highest BCUT2D eigenvalue weighted by molar-refractivity contribution is 7.16. The molecule has 1 N–H and O–H groups in total. The molecule has 0 atom stereocenters. The number of fused-ring (bicyclic) bond motifs is 1. The Balaban J connectivity index is 2.50. The van der Waals surface area contributed by atoms with Gasteiger partial charge in [0.15, 0.2) is 0 Å². The second kappa shape index (κ2) is 2.77. The van der Waals surface area contributed by atoms with Gasteiger partial charge in [0.2, 0.25) is 10.9 Å². The molecule has 0 aliphatic heterocycles. The van der Waals surface area contributed by atoms with Crippen molar-refractivity contribution in [1.29, 1.82) is 0 Å². The SMILES string of the molecule is CC(=O)Nc1nnc2sc(C)nn12. The number of nitrogens with zero attached hydrogens (tertiary/aromatic N) is 4. The average Bonchev–Trinajstić information content (AvgIpc) is 2.51. The Morgan fingerprint density at radius 2 is 2.31 bits per heavy atom. The molecule has 2 rings (SSSR count). The normalized spacial score (nSPS) is 10.6. The third kappa shape index (κ3) is 1.37. The second-order valence-corrected chi connectivity index (χ2v) is 3.68. The van der Waals surface area contributed by atoms with Crippen molar-refractivity contribution >= 4 is 28.2 Å². The Kier molecular flexibility index (Phi) is 1.73. The molecule has 7 heteroatoms. The maximum atomic E-state index is 10.7. The van der Waals surface area contributed by atoms with Crippen LogP contribution in [0.4, 0.5) is 5.95 Å². The van der Waals surface area contributed by atoms with Crippen molar-refractivity contribution < 1.29 is 4.79 Å². The lowest BCUT2D eigenvalue weighted by Gasteiger charge is -1.93. The summed E-state index contributed by atoms with van der Waals surface area (Å²) >= 11 is 1.43. The Bertz CT molecular complexity index is 458. The first-order valence-electron chi connectivity index (χ1n) is 3.63. The van der Waals surface area contributed by atoms with Crippen molar-refractivity contribution in [3.63, 3.8) is 0 Å². The first-order valence-corrected chi connectivity index (χ1v) is 4.45. The summed E-state index contributed by atoms with van der Waals surface area (Å²) in [4.78, 5) is 11.4. The zero-order valence-electron chi connectivity index (χ0n) is 7.11. The van der Waals surface area contributed by atoms with E-state index in [1.54, 1.807) is 0 Å². The van der Waals surface area contributed by atoms with E-state index in [-0.39, 0.29) is 5.91 Å². The molecule has 0 radical (unpaired) electrons. The van der Waals surface area contributed by atoms with Crippen LogP contribution in [0.5, 0.6) is 0 Å². The van der Waals surface area contributed by atoms with Crippen molar-refractivity contribution in [3.05, 3.63) is 5.01 Å². The van der Waals surface area contributed by atoms with E-state index in [1.807, 2.05) is 6.92 Å². The van der Waals surface area contributed by atoms with Gasteiger partial charge in [0.25, 0.3) is 5.95 Å². The molecule has 0 unspecified atom stereocenters. The van der Waals surface area contributed by atoms with Crippen LogP contribution in [0, 0.1) is 6.92 Å². The maximum Gasteiger partial charge on any atom is 0.253 e. The van der Waals surface area contributed by atoms with Crippen molar-refractivity contribution in [3.8, 4) is 0 Å². The molecule has 2 aromatic rings. The van der Waals surface area contributed by atoms with E-state index in [0.717, 1.165) is 5.01 Å². The summed E-state index contributed by atoms with van der Waals surface area (Å²) in [5.74, 6) is 0.187. The highest BCUT2D eigenvalue weighted by Gasteiger charge is 2.09. The van der Waals surface area contributed by atoms with E-state index in [1.165, 1.54) is 22.8 Å². The average molecular weight is 197 g/mol. The minimum atomic E-state index is -0.181. The molecule has 6 nitrogen and oxygen atoms in total. The van der Waals surface area contributed by atoms with Gasteiger partial charge in [-0.25, -0.2) is 0 Å². The molecule has 68 valence electrons. The number of aromatic nitrogens is 4. The van der Waals surface area contributed by atoms with Gasteiger partial charge in [-0.15, -0.1) is 10.2 Å². The number of carbonyl (C=O) groups excluding carboxylic acids is 1. The molecule has 0 aliphatic rings. The topological polar surface area (TPSA) is 72.2 Å². The first-order chi connectivity index (χ1) is 6.16. The van der Waals surface area contributed by atoms with Gasteiger partial charge in [0.05, 0.1) is 0 Å². The minimum Gasteiger partial charge on any atom is -0.293 e. The van der Waals surface area contributed by atoms with Gasteiger partial charge in [-0.2, -0.15) is 9.61 Å². The standard InChI is InChI=1S/C6H7N5OS/c1-3(12)7-5-8-9-6-11(5)10-4(2)13-6/h1-2H3,(H,7,8,12). The molecule has 0 aliphatic carbocycles. The summed E-state index contributed by atoms with van der Waals surface area (Å²) in [5.41, 5.74) is 0. The zero-order chi connectivity index (χ0) is 9.42. The summed E-state index contributed by atoms with van der Waals surface area (Å²) in [6.07, 6.45) is 0. The fourth-order valence-electron chi connectivity index (χ4n) is 0.948. The van der Waals surface area contributed by atoms with Crippen molar-refractivity contribution in [2.75, 3.05) is 5.32 Å². The van der Waals surface area contributed by atoms with Crippen molar-refractivity contribution in [1.82, 2.24) is 19.8 Å². The van der Waals surface area contributed by atoms with Crippen molar-refractivity contribution in [2.45, 2.75) is 13.8 Å². The van der Waals surface area contributed by atoms with Gasteiger partial charge in [-0.05, 0) is 6.92 Å². The van der Waals surface area contributed by atoms with Crippen LogP contribution in [0.2, 0.25) is 0 Å². The van der Waals surface area contributed by atoms with Gasteiger partial charge in [0.1, 0.15) is 5.01 Å². The van der Waals surface area contributed by atoms with Gasteiger partial charge in [0, 0.05) is 6.92 Å². The van der Waals surface area contributed by atoms with Crippen LogP contribution in [0.25, 0.3) is 4.96 Å². The fraction of sp³-hybridized carbons (Fsp3) is 0.333. The van der Waals surface area contributed by atoms with Gasteiger partial charge in [-0.1, -0.05) is 11.3 Å². The molecule has 0 saturated heterocycles. The number of nitrogens with one attached hydrogen (secondary N) is 1. The minimum absolute atomic E-state index is 0.181. The van der Waals surface area contributed by atoms with E-state index in [9.17, 15) is 4.79 Å². The molecule has 0 fully saturated rings. The summed E-state index contributed by atoms with van der Waals surface area (Å²) in [6.45, 7) is 3.29. The lowest BCUT2D eigenvalue weighted by atomic mass is 10.7. The van der Waals surface area contributed by atoms with E-state index in [4.69, 9.17) is 0 Å². The summed E-state index contributed by atoms with van der Waals surface area (Å²) in [7, 11) is 0. The number of carbonyl (C=O) groups is 1. The lowest BCUT2D eigenvalue weighted by Crippen LogP contribution is -2.09. The third-order valence-electron chi connectivity index (χ3n) is 1.38. The number of aryl methyl sites for hydroxylation is 1. The van der Waals surface area contributed by atoms with Crippen LogP contribution >= 0.6 is 11.3 Å². The van der Waals surface area contributed by atoms with Crippen LogP contribution in [-0.4, -0.2) is 25.7 Å². The Morgan fingerprint density at radius 1 is 1.54 bits per heavy atom. The summed E-state index contributed by atoms with van der Waals surface area (Å²) in [5, 5.41) is 15.2. The van der Waals surface area contributed by atoms with Crippen LogP contribution < -0.4 is 5.32 Å². The highest BCUT2D eigenvalue weighted by atomic mass is 32.1. The first kappa shape index (κ1) is 8.11. The monoisotopic (exact) mass is 197 g/mol. The Morgan fingerprint density at radius 3 is 3.00 bits per heavy atom. The predicted octanol–water partition coefficient (Wildman–Crippen LogP) is 0.453. The summed E-state index contributed by atoms with van der Waals surface area (Å²) < 4.78 is 1.52. The third-order valence-corrected chi connectivity index (χ3v) is 2.19. The largest absolute Gasteiger partial charge is 0.293 e. The van der Waals surface area contributed by atoms with E-state index >= 15 is 0 Å². The van der Waals surface area contributed by atoms with E-state index in [0.29, 0.717) is 10.9 Å². The maximum absolute atomic E-state index is 10.7. The van der Waals surface area contributed by atoms with Crippen molar-refractivity contribution in [2.24, 2.45) is 0 Å². The van der Waals surface area contributed by atoms with Crippen LogP contribution in [0.15, 0.2) is 0 Å². The summed E-state index contributed by atoms with van der Waals surface area (Å²) in [6, 6.07) is 0. The highest BCUT2D eigenvalue weighted by Crippen LogP contribution is 2.14. The molecule has 13 heavy (non-hydrogen) atoms. The number of anilines is 1. The number of hydrogen-bond donors (Lipinski definition) is 1. The van der Waals surface area contributed by atoms with Gasteiger partial charge < -0.3 is 0 Å². The number of amides is 1. The van der Waals surface area contributed by atoms with E-state index in [2.05, 4.69) is 20.6 Å². The molecule has 1 amide bonds. The molecule has 2 heterocycles. The fourth-order valence-corrected chi connectivity index (χ4v) is 1.63. The molecule has 0 bridgehead atoms. The quantitative estimate of drug-likeness (QED) is 0.720. The van der Waals surface area contributed by atoms with Crippen LogP contribution in [0.1, 0.15) is 11.9 Å². The molecule has 0 saturated carbocycles. The second-order valence-electron chi connectivity index (χ2n) is 2.52. The van der Waals surface area contributed by atoms with Gasteiger partial charge >= 0.3 is 0 Å².